The zero-order chi connectivity index (χ0) is 20.0. The van der Waals surface area contributed by atoms with Crippen LogP contribution in [0.4, 0.5) is 11.6 Å². The maximum atomic E-state index is 12.9. The first-order valence-corrected chi connectivity index (χ1v) is 10.1. The highest BCUT2D eigenvalue weighted by atomic mass is 16.2. The summed E-state index contributed by atoms with van der Waals surface area (Å²) in [5, 5.41) is 16.6. The molecule has 1 amide bonds. The van der Waals surface area contributed by atoms with Crippen LogP contribution in [0, 0.1) is 16.7 Å². The summed E-state index contributed by atoms with van der Waals surface area (Å²) in [7, 11) is 1.86. The van der Waals surface area contributed by atoms with Gasteiger partial charge < -0.3 is 10.2 Å². The van der Waals surface area contributed by atoms with Gasteiger partial charge in [-0.1, -0.05) is 6.08 Å². The predicted octanol–water partition coefficient (Wildman–Crippen LogP) is 2.79. The van der Waals surface area contributed by atoms with Gasteiger partial charge in [-0.25, -0.2) is 9.97 Å². The number of nitrogens with zero attached hydrogens (tertiary/aromatic N) is 6. The van der Waals surface area contributed by atoms with Crippen molar-refractivity contribution in [2.24, 2.45) is 12.5 Å². The fourth-order valence-corrected chi connectivity index (χ4v) is 4.48. The van der Waals surface area contributed by atoms with Crippen LogP contribution >= 0.6 is 0 Å². The van der Waals surface area contributed by atoms with Gasteiger partial charge in [-0.15, -0.1) is 0 Å². The van der Waals surface area contributed by atoms with E-state index in [0.29, 0.717) is 12.4 Å². The van der Waals surface area contributed by atoms with E-state index in [0.717, 1.165) is 43.5 Å². The van der Waals surface area contributed by atoms with Crippen LogP contribution in [0.5, 0.6) is 0 Å². The predicted molar refractivity (Wildman–Crippen MR) is 107 cm³/mol. The molecule has 2 bridgehead atoms. The van der Waals surface area contributed by atoms with Gasteiger partial charge in [-0.2, -0.15) is 10.4 Å². The van der Waals surface area contributed by atoms with E-state index in [4.69, 9.17) is 0 Å². The van der Waals surface area contributed by atoms with E-state index in [2.05, 4.69) is 32.5 Å². The first kappa shape index (κ1) is 17.9. The molecule has 2 atom stereocenters. The van der Waals surface area contributed by atoms with Crippen LogP contribution in [-0.4, -0.2) is 42.6 Å². The van der Waals surface area contributed by atoms with E-state index in [9.17, 15) is 10.1 Å². The molecular weight excluding hydrogens is 366 g/mol. The lowest BCUT2D eigenvalue weighted by atomic mass is 9.96. The van der Waals surface area contributed by atoms with Crippen LogP contribution in [0.15, 0.2) is 30.7 Å². The highest BCUT2D eigenvalue weighted by Gasteiger charge is 2.48. The topological polar surface area (TPSA) is 99.7 Å². The summed E-state index contributed by atoms with van der Waals surface area (Å²) in [5.74, 6) is 0.667. The molecule has 1 saturated carbocycles. The molecule has 0 aromatic carbocycles. The quantitative estimate of drug-likeness (QED) is 0.844. The molecule has 2 unspecified atom stereocenters. The standard InChI is InChI=1S/C21H23N7O/c1-27-12-15(11-24-27)25-20-23-7-4-18(26-20)14-8-16-2-3-17(9-14)28(16)19(29)10-21(13-22)5-6-21/h4,7-8,11-12,16-17H,2-3,5-6,9-10H2,1H3,(H,23,25,26). The Morgan fingerprint density at radius 1 is 1.41 bits per heavy atom. The Morgan fingerprint density at radius 3 is 2.97 bits per heavy atom. The lowest BCUT2D eigenvalue weighted by Crippen LogP contribution is -2.43. The molecule has 8 nitrogen and oxygen atoms in total. The lowest BCUT2D eigenvalue weighted by molar-refractivity contribution is -0.134. The summed E-state index contributed by atoms with van der Waals surface area (Å²) in [6.07, 6.45) is 12.4. The number of nitrogens with one attached hydrogen (secondary N) is 1. The van der Waals surface area contributed by atoms with Crippen molar-refractivity contribution < 1.29 is 4.79 Å². The fourth-order valence-electron chi connectivity index (χ4n) is 4.48. The van der Waals surface area contributed by atoms with Gasteiger partial charge in [0.1, 0.15) is 0 Å². The minimum Gasteiger partial charge on any atom is -0.333 e. The number of nitriles is 1. The average Bonchev–Trinajstić information content (AvgIpc) is 3.29. The molecule has 2 aliphatic heterocycles. The van der Waals surface area contributed by atoms with Crippen molar-refractivity contribution in [3.63, 3.8) is 0 Å². The summed E-state index contributed by atoms with van der Waals surface area (Å²) in [4.78, 5) is 23.9. The van der Waals surface area contributed by atoms with Crippen molar-refractivity contribution in [1.29, 1.82) is 5.26 Å². The zero-order valence-corrected chi connectivity index (χ0v) is 16.4. The second-order valence-electron chi connectivity index (χ2n) is 8.36. The molecule has 1 aliphatic carbocycles. The van der Waals surface area contributed by atoms with Crippen LogP contribution in [0.3, 0.4) is 0 Å². The van der Waals surface area contributed by atoms with Crippen LogP contribution < -0.4 is 5.32 Å². The third-order valence-electron chi connectivity index (χ3n) is 6.21. The van der Waals surface area contributed by atoms with Crippen molar-refractivity contribution in [2.45, 2.75) is 50.6 Å². The van der Waals surface area contributed by atoms with Gasteiger partial charge in [-0.3, -0.25) is 9.48 Å². The number of anilines is 2. The summed E-state index contributed by atoms with van der Waals surface area (Å²) in [6.45, 7) is 0. The average molecular weight is 389 g/mol. The van der Waals surface area contributed by atoms with E-state index < -0.39 is 0 Å². The maximum Gasteiger partial charge on any atom is 0.227 e. The maximum absolute atomic E-state index is 12.9. The summed E-state index contributed by atoms with van der Waals surface area (Å²) < 4.78 is 1.72. The monoisotopic (exact) mass is 389 g/mol. The minimum absolute atomic E-state index is 0.107. The molecule has 0 spiro atoms. The van der Waals surface area contributed by atoms with Gasteiger partial charge in [0.05, 0.1) is 35.1 Å². The Morgan fingerprint density at radius 2 is 2.28 bits per heavy atom. The number of aromatic nitrogens is 4. The first-order chi connectivity index (χ1) is 14.0. The van der Waals surface area contributed by atoms with Gasteiger partial charge in [0.25, 0.3) is 0 Å². The van der Waals surface area contributed by atoms with Crippen molar-refractivity contribution in [2.75, 3.05) is 5.32 Å². The van der Waals surface area contributed by atoms with E-state index in [1.165, 1.54) is 5.57 Å². The van der Waals surface area contributed by atoms with Crippen LogP contribution in [-0.2, 0) is 11.8 Å². The number of fused-ring (bicyclic) bond motifs is 2. The second kappa shape index (κ2) is 6.69. The Hall–Kier alpha value is -3.21. The van der Waals surface area contributed by atoms with Crippen molar-refractivity contribution in [3.05, 3.63) is 36.4 Å². The number of amides is 1. The van der Waals surface area contributed by atoms with E-state index in [-0.39, 0.29) is 23.4 Å². The van der Waals surface area contributed by atoms with Gasteiger partial charge in [0, 0.05) is 31.9 Å². The number of carbonyl (C=O) groups excluding carboxylic acids is 1. The third kappa shape index (κ3) is 3.37. The van der Waals surface area contributed by atoms with Crippen LogP contribution in [0.2, 0.25) is 0 Å². The molecule has 3 aliphatic rings. The zero-order valence-electron chi connectivity index (χ0n) is 16.4. The summed E-state index contributed by atoms with van der Waals surface area (Å²) >= 11 is 0. The highest BCUT2D eigenvalue weighted by Crippen LogP contribution is 2.49. The highest BCUT2D eigenvalue weighted by molar-refractivity contribution is 5.81. The molecular formula is C21H23N7O. The number of hydrogen-bond acceptors (Lipinski definition) is 6. The first-order valence-electron chi connectivity index (χ1n) is 10.1. The van der Waals surface area contributed by atoms with Gasteiger partial charge in [-0.05, 0) is 43.7 Å². The smallest absolute Gasteiger partial charge is 0.227 e. The lowest BCUT2D eigenvalue weighted by Gasteiger charge is -2.34. The van der Waals surface area contributed by atoms with E-state index in [1.54, 1.807) is 17.1 Å². The Labute approximate surface area is 169 Å². The van der Waals surface area contributed by atoms with Gasteiger partial charge >= 0.3 is 0 Å². The largest absolute Gasteiger partial charge is 0.333 e. The van der Waals surface area contributed by atoms with Gasteiger partial charge in [0.15, 0.2) is 0 Å². The van der Waals surface area contributed by atoms with Gasteiger partial charge in [0.2, 0.25) is 11.9 Å². The molecule has 2 fully saturated rings. The minimum atomic E-state index is -0.389. The van der Waals surface area contributed by atoms with E-state index in [1.807, 2.05) is 24.2 Å². The van der Waals surface area contributed by atoms with Crippen molar-refractivity contribution in [3.8, 4) is 6.07 Å². The third-order valence-corrected chi connectivity index (χ3v) is 6.21. The van der Waals surface area contributed by atoms with Crippen LogP contribution in [0.25, 0.3) is 5.57 Å². The Bertz CT molecular complexity index is 1030. The molecule has 5 rings (SSSR count). The molecule has 2 aromatic rings. The molecule has 8 heteroatoms. The number of carbonyl (C=O) groups is 1. The Balaban J connectivity index is 1.33. The Kier molecular flexibility index (Phi) is 4.12. The normalized spacial score (nSPS) is 24.0. The van der Waals surface area contributed by atoms with Crippen molar-refractivity contribution in [1.82, 2.24) is 24.6 Å². The number of rotatable bonds is 5. The number of hydrogen-bond donors (Lipinski definition) is 1. The van der Waals surface area contributed by atoms with Crippen molar-refractivity contribution >= 4 is 23.1 Å². The molecule has 148 valence electrons. The second-order valence-corrected chi connectivity index (χ2v) is 8.36. The summed E-state index contributed by atoms with van der Waals surface area (Å²) in [5.41, 5.74) is 2.51. The fraction of sp³-hybridized carbons (Fsp3) is 0.476. The molecule has 0 radical (unpaired) electrons. The molecule has 1 N–H and O–H groups in total. The molecule has 1 saturated heterocycles. The summed E-state index contributed by atoms with van der Waals surface area (Å²) in [6, 6.07) is 4.57. The molecule has 2 aromatic heterocycles. The SMILES string of the molecule is Cn1cc(Nc2nccc(C3=CC4CCC(C3)N4C(=O)CC3(C#N)CC3)n2)cn1. The van der Waals surface area contributed by atoms with Crippen LogP contribution in [0.1, 0.15) is 44.2 Å². The van der Waals surface area contributed by atoms with E-state index >= 15 is 0 Å². The molecule has 4 heterocycles. The number of aryl methyl sites for hydroxylation is 1. The molecule has 29 heavy (non-hydrogen) atoms.